The van der Waals surface area contributed by atoms with E-state index in [1.165, 1.54) is 30.3 Å². The predicted molar refractivity (Wildman–Crippen MR) is 114 cm³/mol. The Bertz CT molecular complexity index is 1140. The lowest BCUT2D eigenvalue weighted by molar-refractivity contribution is -0.117. The third kappa shape index (κ3) is 4.40. The van der Waals surface area contributed by atoms with Crippen molar-refractivity contribution >= 4 is 23.6 Å². The predicted octanol–water partition coefficient (Wildman–Crippen LogP) is 3.87. The summed E-state index contributed by atoms with van der Waals surface area (Å²) in [6.45, 7) is 0.194. The number of halogens is 1. The van der Waals surface area contributed by atoms with Gasteiger partial charge in [-0.25, -0.2) is 9.40 Å². The van der Waals surface area contributed by atoms with Gasteiger partial charge in [0.15, 0.2) is 0 Å². The molecule has 1 aliphatic rings. The van der Waals surface area contributed by atoms with E-state index in [2.05, 4.69) is 5.43 Å². The van der Waals surface area contributed by atoms with Gasteiger partial charge in [-0.05, 0) is 54.1 Å². The van der Waals surface area contributed by atoms with E-state index in [0.29, 0.717) is 22.7 Å². The van der Waals surface area contributed by atoms with Crippen LogP contribution in [0.4, 0.5) is 10.1 Å². The van der Waals surface area contributed by atoms with Gasteiger partial charge in [0.1, 0.15) is 29.5 Å². The van der Waals surface area contributed by atoms with E-state index in [4.69, 9.17) is 9.47 Å². The molecule has 156 valence electrons. The minimum absolute atomic E-state index is 0.0243. The van der Waals surface area contributed by atoms with Crippen LogP contribution in [-0.4, -0.2) is 18.9 Å². The molecule has 0 bridgehead atoms. The smallest absolute Gasteiger partial charge is 0.282 e. The Labute approximate surface area is 178 Å². The number of benzene rings is 3. The highest BCUT2D eigenvalue weighted by molar-refractivity contribution is 6.31. The van der Waals surface area contributed by atoms with Crippen molar-refractivity contribution in [2.24, 2.45) is 0 Å². The number of rotatable bonds is 6. The molecule has 0 aliphatic carbocycles. The average Bonchev–Trinajstić information content (AvgIpc) is 3.08. The molecule has 0 atom stereocenters. The van der Waals surface area contributed by atoms with E-state index in [1.807, 2.05) is 6.07 Å². The van der Waals surface area contributed by atoms with Crippen molar-refractivity contribution in [1.82, 2.24) is 5.43 Å². The summed E-state index contributed by atoms with van der Waals surface area (Å²) in [5, 5.41) is 1.20. The Morgan fingerprint density at radius 2 is 1.74 bits per heavy atom. The van der Waals surface area contributed by atoms with E-state index < -0.39 is 11.8 Å². The molecule has 0 spiro atoms. The van der Waals surface area contributed by atoms with Crippen LogP contribution in [0.5, 0.6) is 11.5 Å². The molecule has 4 rings (SSSR count). The number of carbonyl (C=O) groups excluding carboxylic acids is 2. The number of methoxy groups -OCH3 is 1. The van der Waals surface area contributed by atoms with Crippen LogP contribution < -0.4 is 19.9 Å². The van der Waals surface area contributed by atoms with Gasteiger partial charge in [-0.2, -0.15) is 0 Å². The molecule has 1 fully saturated rings. The standard InChI is InChI=1S/C24H19FN2O4/c1-30-20-11-12-22(31-15-16-7-9-18(25)10-8-16)17(13-20)14-21-23(28)26-27(24(21)29)19-5-3-2-4-6-19/h2-14H,15H2,1H3,(H,26,28)/b21-14+. The molecule has 2 amide bonds. The first-order valence-electron chi connectivity index (χ1n) is 9.52. The highest BCUT2D eigenvalue weighted by atomic mass is 19.1. The molecule has 0 radical (unpaired) electrons. The van der Waals surface area contributed by atoms with Gasteiger partial charge in [-0.15, -0.1) is 0 Å². The summed E-state index contributed by atoms with van der Waals surface area (Å²) in [7, 11) is 1.52. The summed E-state index contributed by atoms with van der Waals surface area (Å²) < 4.78 is 24.3. The molecule has 0 unspecified atom stereocenters. The lowest BCUT2D eigenvalue weighted by Crippen LogP contribution is -2.35. The van der Waals surface area contributed by atoms with Gasteiger partial charge in [0.25, 0.3) is 11.8 Å². The highest BCUT2D eigenvalue weighted by Gasteiger charge is 2.34. The average molecular weight is 418 g/mol. The van der Waals surface area contributed by atoms with Gasteiger partial charge in [0.05, 0.1) is 12.8 Å². The SMILES string of the molecule is COc1ccc(OCc2ccc(F)cc2)c(/C=C2\C(=O)NN(c3ccccc3)C2=O)c1. The summed E-state index contributed by atoms with van der Waals surface area (Å²) in [5.74, 6) is -0.305. The summed E-state index contributed by atoms with van der Waals surface area (Å²) in [6, 6.07) is 19.9. The van der Waals surface area contributed by atoms with Gasteiger partial charge in [-0.1, -0.05) is 30.3 Å². The molecule has 31 heavy (non-hydrogen) atoms. The second-order valence-corrected chi connectivity index (χ2v) is 6.79. The van der Waals surface area contributed by atoms with Crippen molar-refractivity contribution < 1.29 is 23.5 Å². The molecule has 1 saturated heterocycles. The quantitative estimate of drug-likeness (QED) is 0.487. The number of anilines is 1. The lowest BCUT2D eigenvalue weighted by atomic mass is 10.1. The van der Waals surface area contributed by atoms with E-state index in [9.17, 15) is 14.0 Å². The molecule has 0 saturated carbocycles. The van der Waals surface area contributed by atoms with Crippen LogP contribution in [0.2, 0.25) is 0 Å². The van der Waals surface area contributed by atoms with E-state index in [-0.39, 0.29) is 18.0 Å². The molecule has 3 aromatic rings. The van der Waals surface area contributed by atoms with Crippen LogP contribution >= 0.6 is 0 Å². The Kier molecular flexibility index (Phi) is 5.66. The normalized spacial score (nSPS) is 14.6. The highest BCUT2D eigenvalue weighted by Crippen LogP contribution is 2.29. The molecule has 7 heteroatoms. The van der Waals surface area contributed by atoms with Gasteiger partial charge in [0.2, 0.25) is 0 Å². The molecule has 1 aliphatic heterocycles. The van der Waals surface area contributed by atoms with E-state index in [0.717, 1.165) is 5.56 Å². The monoisotopic (exact) mass is 418 g/mol. The number of hydrogen-bond donors (Lipinski definition) is 1. The summed E-state index contributed by atoms with van der Waals surface area (Å²) in [4.78, 5) is 25.4. The van der Waals surface area contributed by atoms with Gasteiger partial charge < -0.3 is 9.47 Å². The van der Waals surface area contributed by atoms with Crippen LogP contribution in [0, 0.1) is 5.82 Å². The number of hydrogen-bond acceptors (Lipinski definition) is 4. The first-order chi connectivity index (χ1) is 15.0. The second-order valence-electron chi connectivity index (χ2n) is 6.79. The van der Waals surface area contributed by atoms with Crippen molar-refractivity contribution in [3.05, 3.63) is 95.3 Å². The third-order valence-electron chi connectivity index (χ3n) is 4.73. The van der Waals surface area contributed by atoms with Crippen molar-refractivity contribution in [3.63, 3.8) is 0 Å². The Balaban J connectivity index is 1.63. The fourth-order valence-electron chi connectivity index (χ4n) is 3.11. The summed E-state index contributed by atoms with van der Waals surface area (Å²) in [5.41, 5.74) is 4.39. The van der Waals surface area contributed by atoms with E-state index >= 15 is 0 Å². The number of para-hydroxylation sites is 1. The summed E-state index contributed by atoms with van der Waals surface area (Å²) >= 11 is 0. The number of hydrazine groups is 1. The molecule has 0 aromatic heterocycles. The molecule has 1 heterocycles. The zero-order valence-corrected chi connectivity index (χ0v) is 16.7. The van der Waals surface area contributed by atoms with Crippen molar-refractivity contribution in [1.29, 1.82) is 0 Å². The maximum absolute atomic E-state index is 13.1. The van der Waals surface area contributed by atoms with Crippen LogP contribution in [0.1, 0.15) is 11.1 Å². The van der Waals surface area contributed by atoms with Crippen LogP contribution in [-0.2, 0) is 16.2 Å². The first kappa shape index (κ1) is 20.2. The minimum atomic E-state index is -0.513. The Hall–Kier alpha value is -4.13. The van der Waals surface area contributed by atoms with Gasteiger partial charge in [0, 0.05) is 5.56 Å². The van der Waals surface area contributed by atoms with Gasteiger partial charge in [-0.3, -0.25) is 15.0 Å². The molecule has 3 aromatic carbocycles. The third-order valence-corrected chi connectivity index (χ3v) is 4.73. The zero-order valence-electron chi connectivity index (χ0n) is 16.7. The Morgan fingerprint density at radius 1 is 1.00 bits per heavy atom. The fourth-order valence-corrected chi connectivity index (χ4v) is 3.11. The number of ether oxygens (including phenoxy) is 2. The first-order valence-corrected chi connectivity index (χ1v) is 9.52. The number of nitrogens with zero attached hydrogens (tertiary/aromatic N) is 1. The van der Waals surface area contributed by atoms with Crippen molar-refractivity contribution in [3.8, 4) is 11.5 Å². The van der Waals surface area contributed by atoms with Crippen LogP contribution in [0.3, 0.4) is 0 Å². The fraction of sp³-hybridized carbons (Fsp3) is 0.0833. The maximum atomic E-state index is 13.1. The number of nitrogens with one attached hydrogen (secondary N) is 1. The Morgan fingerprint density at radius 3 is 2.45 bits per heavy atom. The maximum Gasteiger partial charge on any atom is 0.282 e. The molecular weight excluding hydrogens is 399 g/mol. The number of amides is 2. The van der Waals surface area contributed by atoms with Crippen molar-refractivity contribution in [2.45, 2.75) is 6.61 Å². The van der Waals surface area contributed by atoms with Crippen LogP contribution in [0.25, 0.3) is 6.08 Å². The zero-order chi connectivity index (χ0) is 21.8. The minimum Gasteiger partial charge on any atom is -0.497 e. The molecular formula is C24H19FN2O4. The lowest BCUT2D eigenvalue weighted by Gasteiger charge is -2.14. The van der Waals surface area contributed by atoms with E-state index in [1.54, 1.807) is 54.6 Å². The van der Waals surface area contributed by atoms with Gasteiger partial charge >= 0.3 is 0 Å². The largest absolute Gasteiger partial charge is 0.497 e. The second kappa shape index (κ2) is 8.71. The van der Waals surface area contributed by atoms with Crippen LogP contribution in [0.15, 0.2) is 78.4 Å². The molecule has 1 N–H and O–H groups in total. The number of carbonyl (C=O) groups is 2. The summed E-state index contributed by atoms with van der Waals surface area (Å²) in [6.07, 6.45) is 1.48. The molecule has 6 nitrogen and oxygen atoms in total. The van der Waals surface area contributed by atoms with Crippen molar-refractivity contribution in [2.75, 3.05) is 12.1 Å². The topological polar surface area (TPSA) is 67.9 Å².